The Kier molecular flexibility index (Phi) is 3.15. The first-order chi connectivity index (χ1) is 10.7. The number of nitrogens with zero attached hydrogens (tertiary/aromatic N) is 3. The van der Waals surface area contributed by atoms with E-state index in [0.29, 0.717) is 6.04 Å². The maximum absolute atomic E-state index is 11.0. The minimum Gasteiger partial charge on any atom is -0.369 e. The number of fused-ring (bicyclic) bond motifs is 1. The average Bonchev–Trinajstić information content (AvgIpc) is 3.12. The van der Waals surface area contributed by atoms with Crippen molar-refractivity contribution in [2.75, 3.05) is 5.75 Å². The van der Waals surface area contributed by atoms with Gasteiger partial charge < -0.3 is 10.7 Å². The average molecular weight is 313 g/mol. The lowest BCUT2D eigenvalue weighted by molar-refractivity contribution is -0.115. The molecule has 112 valence electrons. The summed E-state index contributed by atoms with van der Waals surface area (Å²) in [7, 11) is 0. The van der Waals surface area contributed by atoms with Gasteiger partial charge in [0.25, 0.3) is 0 Å². The highest BCUT2D eigenvalue weighted by Crippen LogP contribution is 2.42. The number of nitrogens with one attached hydrogen (secondary N) is 1. The van der Waals surface area contributed by atoms with Crippen LogP contribution in [0.15, 0.2) is 35.6 Å². The summed E-state index contributed by atoms with van der Waals surface area (Å²) in [6, 6.07) is 8.56. The highest BCUT2D eigenvalue weighted by atomic mass is 32.2. The van der Waals surface area contributed by atoms with Crippen molar-refractivity contribution in [3.05, 3.63) is 30.5 Å². The number of primary amides is 1. The van der Waals surface area contributed by atoms with E-state index in [4.69, 9.17) is 5.73 Å². The topological polar surface area (TPSA) is 89.6 Å². The third-order valence-corrected chi connectivity index (χ3v) is 4.72. The number of carbonyl (C=O) groups excluding carboxylic acids is 1. The molecule has 2 aromatic heterocycles. The second kappa shape index (κ2) is 5.17. The van der Waals surface area contributed by atoms with E-state index in [9.17, 15) is 4.79 Å². The van der Waals surface area contributed by atoms with Crippen LogP contribution in [0.25, 0.3) is 22.3 Å². The molecule has 0 saturated heterocycles. The van der Waals surface area contributed by atoms with Crippen LogP contribution in [0.3, 0.4) is 0 Å². The van der Waals surface area contributed by atoms with Crippen molar-refractivity contribution in [2.45, 2.75) is 24.0 Å². The van der Waals surface area contributed by atoms with E-state index in [2.05, 4.69) is 25.8 Å². The molecule has 1 aliphatic carbocycles. The molecule has 0 radical (unpaired) electrons. The second-order valence-electron chi connectivity index (χ2n) is 5.41. The molecule has 6 nitrogen and oxygen atoms in total. The molecule has 1 saturated carbocycles. The molecular formula is C15H15N5OS. The SMILES string of the molecule is NC(=O)CSc1nnc(-c2c[nH]c3ccccc23)n1C1CC1. The highest BCUT2D eigenvalue weighted by Gasteiger charge is 2.30. The van der Waals surface area contributed by atoms with Crippen molar-refractivity contribution in [1.29, 1.82) is 0 Å². The Morgan fingerprint density at radius 1 is 1.36 bits per heavy atom. The standard InChI is InChI=1S/C15H15N5OS/c16-13(21)8-22-15-19-18-14(20(15)9-5-6-9)11-7-17-12-4-2-1-3-10(11)12/h1-4,7,9,17H,5-6,8H2,(H2,16,21). The van der Waals surface area contributed by atoms with E-state index in [1.807, 2.05) is 24.4 Å². The minimum absolute atomic E-state index is 0.221. The lowest BCUT2D eigenvalue weighted by atomic mass is 10.1. The Bertz CT molecular complexity index is 849. The van der Waals surface area contributed by atoms with E-state index in [1.54, 1.807) is 0 Å². The first kappa shape index (κ1) is 13.4. The third-order valence-electron chi connectivity index (χ3n) is 3.75. The Labute approximate surface area is 131 Å². The largest absolute Gasteiger partial charge is 0.369 e. The van der Waals surface area contributed by atoms with Gasteiger partial charge in [0.2, 0.25) is 5.91 Å². The second-order valence-corrected chi connectivity index (χ2v) is 6.35. The van der Waals surface area contributed by atoms with Crippen molar-refractivity contribution in [1.82, 2.24) is 19.7 Å². The number of amides is 1. The Morgan fingerprint density at radius 2 is 2.18 bits per heavy atom. The number of aromatic nitrogens is 4. The minimum atomic E-state index is -0.344. The molecule has 0 atom stereocenters. The van der Waals surface area contributed by atoms with E-state index in [-0.39, 0.29) is 11.7 Å². The number of hydrogen-bond acceptors (Lipinski definition) is 4. The quantitative estimate of drug-likeness (QED) is 0.707. The predicted molar refractivity (Wildman–Crippen MR) is 85.5 cm³/mol. The number of nitrogens with two attached hydrogens (primary N) is 1. The van der Waals surface area contributed by atoms with Crippen molar-refractivity contribution in [3.8, 4) is 11.4 Å². The number of aromatic amines is 1. The highest BCUT2D eigenvalue weighted by molar-refractivity contribution is 7.99. The first-order valence-electron chi connectivity index (χ1n) is 7.16. The van der Waals surface area contributed by atoms with E-state index in [1.165, 1.54) is 11.8 Å². The normalized spacial score (nSPS) is 14.5. The Morgan fingerprint density at radius 3 is 2.95 bits per heavy atom. The fraction of sp³-hybridized carbons (Fsp3) is 0.267. The van der Waals surface area contributed by atoms with Crippen LogP contribution >= 0.6 is 11.8 Å². The van der Waals surface area contributed by atoms with Crippen molar-refractivity contribution in [3.63, 3.8) is 0 Å². The fourth-order valence-electron chi connectivity index (χ4n) is 2.61. The summed E-state index contributed by atoms with van der Waals surface area (Å²) in [6.07, 6.45) is 4.21. The van der Waals surface area contributed by atoms with Gasteiger partial charge in [0, 0.05) is 28.7 Å². The molecule has 0 unspecified atom stereocenters. The molecule has 4 rings (SSSR count). The number of para-hydroxylation sites is 1. The zero-order chi connectivity index (χ0) is 15.1. The molecule has 3 N–H and O–H groups in total. The maximum atomic E-state index is 11.0. The maximum Gasteiger partial charge on any atom is 0.227 e. The van der Waals surface area contributed by atoms with Gasteiger partial charge in [0.1, 0.15) is 0 Å². The number of rotatable bonds is 5. The zero-order valence-corrected chi connectivity index (χ0v) is 12.6. The van der Waals surface area contributed by atoms with Gasteiger partial charge in [-0.05, 0) is 18.9 Å². The van der Waals surface area contributed by atoms with Gasteiger partial charge >= 0.3 is 0 Å². The fourth-order valence-corrected chi connectivity index (χ4v) is 3.36. The van der Waals surface area contributed by atoms with Gasteiger partial charge in [-0.3, -0.25) is 9.36 Å². The van der Waals surface area contributed by atoms with Gasteiger partial charge in [0.05, 0.1) is 5.75 Å². The van der Waals surface area contributed by atoms with Crippen LogP contribution in [0.2, 0.25) is 0 Å². The third kappa shape index (κ3) is 2.27. The molecule has 2 heterocycles. The van der Waals surface area contributed by atoms with Gasteiger partial charge in [0.15, 0.2) is 11.0 Å². The molecule has 22 heavy (non-hydrogen) atoms. The lowest BCUT2D eigenvalue weighted by Gasteiger charge is -2.07. The summed E-state index contributed by atoms with van der Waals surface area (Å²) in [4.78, 5) is 14.3. The van der Waals surface area contributed by atoms with Crippen molar-refractivity contribution < 1.29 is 4.79 Å². The van der Waals surface area contributed by atoms with Gasteiger partial charge in [-0.25, -0.2) is 0 Å². The number of benzene rings is 1. The summed E-state index contributed by atoms with van der Waals surface area (Å²) in [5.41, 5.74) is 7.36. The molecule has 0 bridgehead atoms. The molecule has 0 aliphatic heterocycles. The molecular weight excluding hydrogens is 298 g/mol. The van der Waals surface area contributed by atoms with Crippen LogP contribution in [0.5, 0.6) is 0 Å². The number of H-pyrrole nitrogens is 1. The zero-order valence-electron chi connectivity index (χ0n) is 11.8. The van der Waals surface area contributed by atoms with E-state index >= 15 is 0 Å². The Hall–Kier alpha value is -2.28. The summed E-state index contributed by atoms with van der Waals surface area (Å²) in [5.74, 6) is 0.731. The van der Waals surface area contributed by atoms with Gasteiger partial charge in [-0.15, -0.1) is 10.2 Å². The summed E-state index contributed by atoms with van der Waals surface area (Å²) in [5, 5.41) is 10.5. The monoisotopic (exact) mass is 313 g/mol. The molecule has 1 amide bonds. The van der Waals surface area contributed by atoms with Crippen molar-refractivity contribution in [2.24, 2.45) is 5.73 Å². The Balaban J connectivity index is 1.80. The first-order valence-corrected chi connectivity index (χ1v) is 8.15. The molecule has 1 fully saturated rings. The van der Waals surface area contributed by atoms with Crippen LogP contribution in [0.1, 0.15) is 18.9 Å². The van der Waals surface area contributed by atoms with Crippen LogP contribution in [0.4, 0.5) is 0 Å². The summed E-state index contributed by atoms with van der Waals surface area (Å²) in [6.45, 7) is 0. The van der Waals surface area contributed by atoms with Gasteiger partial charge in [-0.1, -0.05) is 30.0 Å². The van der Waals surface area contributed by atoms with E-state index < -0.39 is 0 Å². The molecule has 1 aromatic carbocycles. The predicted octanol–water partition coefficient (Wildman–Crippen LogP) is 2.34. The molecule has 1 aliphatic rings. The number of hydrogen-bond donors (Lipinski definition) is 2. The number of carbonyl (C=O) groups is 1. The van der Waals surface area contributed by atoms with Crippen LogP contribution in [-0.2, 0) is 4.79 Å². The molecule has 0 spiro atoms. The van der Waals surface area contributed by atoms with E-state index in [0.717, 1.165) is 40.3 Å². The summed E-state index contributed by atoms with van der Waals surface area (Å²) < 4.78 is 2.14. The van der Waals surface area contributed by atoms with Gasteiger partial charge in [-0.2, -0.15) is 0 Å². The smallest absolute Gasteiger partial charge is 0.227 e. The van der Waals surface area contributed by atoms with Crippen molar-refractivity contribution >= 4 is 28.6 Å². The molecule has 3 aromatic rings. The number of thioether (sulfide) groups is 1. The van der Waals surface area contributed by atoms with Crippen LogP contribution < -0.4 is 5.73 Å². The van der Waals surface area contributed by atoms with Crippen LogP contribution in [0, 0.1) is 0 Å². The molecule has 7 heteroatoms. The lowest BCUT2D eigenvalue weighted by Crippen LogP contribution is -2.13. The summed E-state index contributed by atoms with van der Waals surface area (Å²) >= 11 is 1.35. The van der Waals surface area contributed by atoms with Crippen LogP contribution in [-0.4, -0.2) is 31.4 Å².